The largest absolute Gasteiger partial charge is 0.495 e. The number of hydrogen-bond donors (Lipinski definition) is 1. The molecule has 0 saturated carbocycles. The van der Waals surface area contributed by atoms with E-state index in [0.29, 0.717) is 23.7 Å². The van der Waals surface area contributed by atoms with E-state index < -0.39 is 11.2 Å². The second-order valence-corrected chi connectivity index (χ2v) is 5.31. The predicted octanol–water partition coefficient (Wildman–Crippen LogP) is 1.64. The minimum atomic E-state index is -0.427. The number of nitrogens with two attached hydrogens (primary N) is 1. The van der Waals surface area contributed by atoms with Crippen molar-refractivity contribution >= 4 is 5.69 Å². The molecule has 3 rings (SSSR count). The fourth-order valence-electron chi connectivity index (χ4n) is 2.49. The van der Waals surface area contributed by atoms with E-state index >= 15 is 0 Å². The zero-order valence-corrected chi connectivity index (χ0v) is 13.2. The van der Waals surface area contributed by atoms with Crippen LogP contribution in [-0.4, -0.2) is 16.2 Å². The Morgan fingerprint density at radius 3 is 2.42 bits per heavy atom. The molecule has 1 heterocycles. The molecule has 6 heteroatoms. The van der Waals surface area contributed by atoms with Crippen LogP contribution in [0.5, 0.6) is 5.75 Å². The fraction of sp³-hybridized carbons (Fsp3) is 0.111. The van der Waals surface area contributed by atoms with E-state index in [1.165, 1.54) is 23.9 Å². The van der Waals surface area contributed by atoms with Gasteiger partial charge in [0.15, 0.2) is 0 Å². The Kier molecular flexibility index (Phi) is 4.20. The van der Waals surface area contributed by atoms with Crippen molar-refractivity contribution in [1.29, 1.82) is 0 Å². The maximum Gasteiger partial charge on any atom is 0.336 e. The van der Waals surface area contributed by atoms with Crippen molar-refractivity contribution in [1.82, 2.24) is 9.13 Å². The molecule has 1 aromatic heterocycles. The summed E-state index contributed by atoms with van der Waals surface area (Å²) in [6, 6.07) is 15.5. The summed E-state index contributed by atoms with van der Waals surface area (Å²) in [4.78, 5) is 25.0. The fourth-order valence-corrected chi connectivity index (χ4v) is 2.49. The van der Waals surface area contributed by atoms with Crippen molar-refractivity contribution in [3.63, 3.8) is 0 Å². The first kappa shape index (κ1) is 15.6. The molecule has 2 N–H and O–H groups in total. The Morgan fingerprint density at radius 2 is 1.71 bits per heavy atom. The molecule has 24 heavy (non-hydrogen) atoms. The molecule has 0 atom stereocenters. The first-order chi connectivity index (χ1) is 11.6. The molecule has 0 aliphatic carbocycles. The third-order valence-electron chi connectivity index (χ3n) is 3.71. The molecule has 2 aromatic carbocycles. The van der Waals surface area contributed by atoms with Gasteiger partial charge < -0.3 is 10.5 Å². The van der Waals surface area contributed by atoms with Gasteiger partial charge in [0.1, 0.15) is 5.75 Å². The lowest BCUT2D eigenvalue weighted by molar-refractivity contribution is 0.411. The number of anilines is 1. The van der Waals surface area contributed by atoms with Gasteiger partial charge in [0.2, 0.25) is 0 Å². The summed E-state index contributed by atoms with van der Waals surface area (Å²) in [6.45, 7) is 0.342. The molecule has 0 spiro atoms. The molecule has 0 amide bonds. The number of benzene rings is 2. The molecule has 0 unspecified atom stereocenters. The van der Waals surface area contributed by atoms with Crippen molar-refractivity contribution in [2.24, 2.45) is 0 Å². The number of hydrogen-bond acceptors (Lipinski definition) is 4. The van der Waals surface area contributed by atoms with Gasteiger partial charge in [-0.25, -0.2) is 9.36 Å². The highest BCUT2D eigenvalue weighted by Gasteiger charge is 2.12. The standard InChI is InChI=1S/C18H17N3O3/c1-24-16-5-3-2-4-15(16)21-17(22)10-11-20(18(21)23)12-13-6-8-14(19)9-7-13/h2-11H,12,19H2,1H3. The van der Waals surface area contributed by atoms with E-state index in [1.807, 2.05) is 12.1 Å². The Labute approximate surface area is 138 Å². The number of nitrogens with zero attached hydrogens (tertiary/aromatic N) is 2. The van der Waals surface area contributed by atoms with Gasteiger partial charge in [-0.2, -0.15) is 0 Å². The van der Waals surface area contributed by atoms with Gasteiger partial charge in [-0.15, -0.1) is 0 Å². The molecule has 3 aromatic rings. The van der Waals surface area contributed by atoms with E-state index in [2.05, 4.69) is 0 Å². The normalized spacial score (nSPS) is 10.5. The topological polar surface area (TPSA) is 79.2 Å². The van der Waals surface area contributed by atoms with Crippen molar-refractivity contribution in [2.45, 2.75) is 6.54 Å². The molecular weight excluding hydrogens is 306 g/mol. The second-order valence-electron chi connectivity index (χ2n) is 5.31. The van der Waals surface area contributed by atoms with Crippen LogP contribution in [0.15, 0.2) is 70.4 Å². The van der Waals surface area contributed by atoms with Crippen LogP contribution >= 0.6 is 0 Å². The van der Waals surface area contributed by atoms with Gasteiger partial charge in [-0.05, 0) is 29.8 Å². The molecular formula is C18H17N3O3. The van der Waals surface area contributed by atoms with Crippen LogP contribution in [0.3, 0.4) is 0 Å². The van der Waals surface area contributed by atoms with Gasteiger partial charge in [0.05, 0.1) is 19.3 Å². The SMILES string of the molecule is COc1ccccc1-n1c(=O)ccn(Cc2ccc(N)cc2)c1=O. The molecule has 0 saturated heterocycles. The van der Waals surface area contributed by atoms with Crippen molar-refractivity contribution in [3.8, 4) is 11.4 Å². The Morgan fingerprint density at radius 1 is 1.00 bits per heavy atom. The monoisotopic (exact) mass is 323 g/mol. The second kappa shape index (κ2) is 6.45. The lowest BCUT2D eigenvalue weighted by Gasteiger charge is -2.12. The Hall–Kier alpha value is -3.28. The maximum absolute atomic E-state index is 12.8. The van der Waals surface area contributed by atoms with Gasteiger partial charge in [-0.3, -0.25) is 9.36 Å². The lowest BCUT2D eigenvalue weighted by atomic mass is 10.2. The summed E-state index contributed by atoms with van der Waals surface area (Å²) in [7, 11) is 1.50. The van der Waals surface area contributed by atoms with Crippen LogP contribution < -0.4 is 21.7 Å². The van der Waals surface area contributed by atoms with Crippen LogP contribution in [0.2, 0.25) is 0 Å². The molecule has 0 radical (unpaired) electrons. The third kappa shape index (κ3) is 2.94. The number of nitrogen functional groups attached to an aromatic ring is 1. The average Bonchev–Trinajstić information content (AvgIpc) is 2.60. The quantitative estimate of drug-likeness (QED) is 0.740. The Bertz CT molecular complexity index is 972. The van der Waals surface area contributed by atoms with Crippen molar-refractivity contribution < 1.29 is 4.74 Å². The summed E-state index contributed by atoms with van der Waals surface area (Å²) in [5.74, 6) is 0.460. The highest BCUT2D eigenvalue weighted by Crippen LogP contribution is 2.19. The van der Waals surface area contributed by atoms with Crippen LogP contribution in [0.1, 0.15) is 5.56 Å². The lowest BCUT2D eigenvalue weighted by Crippen LogP contribution is -2.38. The molecule has 0 aliphatic rings. The van der Waals surface area contributed by atoms with Crippen molar-refractivity contribution in [3.05, 3.63) is 87.2 Å². The molecule has 0 aliphatic heterocycles. The highest BCUT2D eigenvalue weighted by atomic mass is 16.5. The van der Waals surface area contributed by atoms with Crippen LogP contribution in [-0.2, 0) is 6.54 Å². The van der Waals surface area contributed by atoms with E-state index in [0.717, 1.165) is 10.1 Å². The smallest absolute Gasteiger partial charge is 0.336 e. The molecule has 6 nitrogen and oxygen atoms in total. The van der Waals surface area contributed by atoms with Gasteiger partial charge >= 0.3 is 5.69 Å². The van der Waals surface area contributed by atoms with E-state index in [1.54, 1.807) is 36.4 Å². The van der Waals surface area contributed by atoms with E-state index in [-0.39, 0.29) is 0 Å². The number of aromatic nitrogens is 2. The summed E-state index contributed by atoms with van der Waals surface area (Å²) in [5.41, 5.74) is 6.83. The molecule has 0 bridgehead atoms. The first-order valence-corrected chi connectivity index (χ1v) is 7.40. The molecule has 0 fully saturated rings. The number of rotatable bonds is 4. The number of para-hydroxylation sites is 2. The Balaban J connectivity index is 2.10. The van der Waals surface area contributed by atoms with Crippen LogP contribution in [0.4, 0.5) is 5.69 Å². The van der Waals surface area contributed by atoms with Gasteiger partial charge in [-0.1, -0.05) is 24.3 Å². The summed E-state index contributed by atoms with van der Waals surface area (Å²) >= 11 is 0. The number of ether oxygens (including phenoxy) is 1. The average molecular weight is 323 g/mol. The summed E-state index contributed by atoms with van der Waals surface area (Å²) < 4.78 is 7.84. The predicted molar refractivity (Wildman–Crippen MR) is 92.8 cm³/mol. The first-order valence-electron chi connectivity index (χ1n) is 7.40. The number of methoxy groups -OCH3 is 1. The third-order valence-corrected chi connectivity index (χ3v) is 3.71. The highest BCUT2D eigenvalue weighted by molar-refractivity contribution is 5.46. The summed E-state index contributed by atoms with van der Waals surface area (Å²) in [6.07, 6.45) is 1.49. The van der Waals surface area contributed by atoms with Crippen LogP contribution in [0, 0.1) is 0 Å². The van der Waals surface area contributed by atoms with Crippen molar-refractivity contribution in [2.75, 3.05) is 12.8 Å². The van der Waals surface area contributed by atoms with Crippen LogP contribution in [0.25, 0.3) is 5.69 Å². The maximum atomic E-state index is 12.8. The summed E-state index contributed by atoms with van der Waals surface area (Å²) in [5, 5.41) is 0. The minimum Gasteiger partial charge on any atom is -0.495 e. The molecule has 122 valence electrons. The zero-order valence-electron chi connectivity index (χ0n) is 13.2. The van der Waals surface area contributed by atoms with Gasteiger partial charge in [0.25, 0.3) is 5.56 Å². The van der Waals surface area contributed by atoms with E-state index in [4.69, 9.17) is 10.5 Å². The van der Waals surface area contributed by atoms with Gasteiger partial charge in [0, 0.05) is 18.0 Å². The van der Waals surface area contributed by atoms with E-state index in [9.17, 15) is 9.59 Å². The zero-order chi connectivity index (χ0) is 17.1. The minimum absolute atomic E-state index is 0.342.